The van der Waals surface area contributed by atoms with E-state index in [1.807, 2.05) is 19.1 Å². The molecule has 0 saturated carbocycles. The van der Waals surface area contributed by atoms with Crippen LogP contribution in [0.25, 0.3) is 0 Å². The quantitative estimate of drug-likeness (QED) is 0.555. The van der Waals surface area contributed by atoms with Crippen LogP contribution in [0.2, 0.25) is 0 Å². The normalized spacial score (nSPS) is 25.2. The number of aromatic nitrogens is 1. The van der Waals surface area contributed by atoms with Gasteiger partial charge in [-0.15, -0.1) is 0 Å². The summed E-state index contributed by atoms with van der Waals surface area (Å²) in [6.07, 6.45) is 6.46. The summed E-state index contributed by atoms with van der Waals surface area (Å²) in [6, 6.07) is 8.12. The smallest absolute Gasteiger partial charge is 0.253 e. The zero-order valence-electron chi connectivity index (χ0n) is 21.8. The Labute approximate surface area is 217 Å². The van der Waals surface area contributed by atoms with E-state index < -0.39 is 5.91 Å². The zero-order valence-corrected chi connectivity index (χ0v) is 21.8. The summed E-state index contributed by atoms with van der Waals surface area (Å²) in [5, 5.41) is 6.34. The van der Waals surface area contributed by atoms with Gasteiger partial charge < -0.3 is 26.2 Å². The number of carbonyl (C=O) groups is 3. The highest BCUT2D eigenvalue weighted by Crippen LogP contribution is 2.38. The van der Waals surface area contributed by atoms with Gasteiger partial charge in [-0.3, -0.25) is 14.4 Å². The Bertz CT molecular complexity index is 1200. The molecule has 0 spiro atoms. The number of likely N-dealkylation sites (tertiary alicyclic amines) is 1. The predicted octanol–water partition coefficient (Wildman–Crippen LogP) is 2.16. The molecule has 5 rings (SSSR count). The first-order valence-electron chi connectivity index (χ1n) is 13.1. The highest BCUT2D eigenvalue weighted by atomic mass is 16.2. The number of carbonyl (C=O) groups excluding carboxylic acids is 3. The number of aryl methyl sites for hydroxylation is 2. The van der Waals surface area contributed by atoms with Crippen LogP contribution in [0.1, 0.15) is 74.3 Å². The summed E-state index contributed by atoms with van der Waals surface area (Å²) >= 11 is 0. The van der Waals surface area contributed by atoms with Gasteiger partial charge in [0.05, 0.1) is 5.56 Å². The molecule has 0 radical (unpaired) electrons. The molecule has 1 aromatic carbocycles. The summed E-state index contributed by atoms with van der Waals surface area (Å²) < 4.78 is 0. The van der Waals surface area contributed by atoms with Crippen molar-refractivity contribution in [1.29, 1.82) is 0 Å². The average Bonchev–Trinajstić information content (AvgIpc) is 3.39. The van der Waals surface area contributed by atoms with Gasteiger partial charge >= 0.3 is 0 Å². The molecule has 4 atom stereocenters. The topological polar surface area (TPSA) is 121 Å². The number of hydrogen-bond donors (Lipinski definition) is 3. The molecule has 3 aliphatic rings. The van der Waals surface area contributed by atoms with Gasteiger partial charge in [0.2, 0.25) is 5.91 Å². The van der Waals surface area contributed by atoms with Gasteiger partial charge in [0.1, 0.15) is 5.82 Å². The Morgan fingerprint density at radius 3 is 2.16 bits per heavy atom. The number of likely N-dealkylation sites (N-methyl/N-ethyl adjacent to an activating group) is 1. The van der Waals surface area contributed by atoms with Crippen LogP contribution in [0.5, 0.6) is 0 Å². The Morgan fingerprint density at radius 2 is 1.57 bits per heavy atom. The molecular weight excluding hydrogens is 468 g/mol. The van der Waals surface area contributed by atoms with E-state index in [1.54, 1.807) is 25.3 Å². The molecule has 0 unspecified atom stereocenters. The number of nitrogens with zero attached hydrogens (tertiary/aromatic N) is 3. The molecular formula is C28H36N6O3. The lowest BCUT2D eigenvalue weighted by Crippen LogP contribution is -2.51. The van der Waals surface area contributed by atoms with Crippen molar-refractivity contribution in [2.75, 3.05) is 25.0 Å². The average molecular weight is 505 g/mol. The van der Waals surface area contributed by atoms with Crippen LogP contribution >= 0.6 is 0 Å². The van der Waals surface area contributed by atoms with Crippen LogP contribution in [0.15, 0.2) is 30.5 Å². The zero-order chi connectivity index (χ0) is 26.3. The number of hydrogen-bond acceptors (Lipinski definition) is 6. The van der Waals surface area contributed by atoms with Gasteiger partial charge in [0.15, 0.2) is 0 Å². The second-order valence-corrected chi connectivity index (χ2v) is 10.9. The van der Waals surface area contributed by atoms with E-state index in [4.69, 9.17) is 5.73 Å². The number of benzene rings is 1. The number of piperidine rings is 1. The molecule has 4 N–H and O–H groups in total. The van der Waals surface area contributed by atoms with E-state index in [-0.39, 0.29) is 23.9 Å². The van der Waals surface area contributed by atoms with E-state index in [9.17, 15) is 14.4 Å². The molecule has 1 aromatic heterocycles. The van der Waals surface area contributed by atoms with Crippen LogP contribution in [0, 0.1) is 13.8 Å². The third-order valence-electron chi connectivity index (χ3n) is 8.15. The lowest BCUT2D eigenvalue weighted by atomic mass is 9.95. The summed E-state index contributed by atoms with van der Waals surface area (Å²) in [6.45, 7) is 5.51. The molecule has 37 heavy (non-hydrogen) atoms. The lowest BCUT2D eigenvalue weighted by molar-refractivity contribution is 0.0921. The monoisotopic (exact) mass is 504 g/mol. The predicted molar refractivity (Wildman–Crippen MR) is 142 cm³/mol. The number of rotatable bonds is 6. The largest absolute Gasteiger partial charge is 0.366 e. The minimum absolute atomic E-state index is 0.0712. The van der Waals surface area contributed by atoms with Gasteiger partial charge in [-0.25, -0.2) is 4.98 Å². The number of amides is 3. The van der Waals surface area contributed by atoms with Crippen molar-refractivity contribution in [3.05, 3.63) is 58.3 Å². The van der Waals surface area contributed by atoms with Crippen LogP contribution in [0.3, 0.4) is 0 Å². The first kappa shape index (κ1) is 25.2. The van der Waals surface area contributed by atoms with E-state index >= 15 is 0 Å². The van der Waals surface area contributed by atoms with Crippen molar-refractivity contribution in [3.8, 4) is 0 Å². The molecule has 3 amide bonds. The Hall–Kier alpha value is -3.46. The fourth-order valence-corrected chi connectivity index (χ4v) is 6.25. The van der Waals surface area contributed by atoms with Crippen molar-refractivity contribution in [2.24, 2.45) is 5.73 Å². The summed E-state index contributed by atoms with van der Waals surface area (Å²) in [4.78, 5) is 46.6. The van der Waals surface area contributed by atoms with Crippen molar-refractivity contribution in [3.63, 3.8) is 0 Å². The Morgan fingerprint density at radius 1 is 0.919 bits per heavy atom. The highest BCUT2D eigenvalue weighted by molar-refractivity contribution is 5.99. The SMILES string of the molecule is Cc1cc(C(=O)N[C@H]2C[C@H]3CC[C@@H](C2)N3c2ccc(C(=O)N[C@@H]3CCN(C)C3)cn2)c(C)cc1C(N)=O. The molecule has 2 aromatic rings. The maximum atomic E-state index is 13.1. The maximum Gasteiger partial charge on any atom is 0.253 e. The Kier molecular flexibility index (Phi) is 6.90. The first-order valence-corrected chi connectivity index (χ1v) is 13.1. The standard InChI is InChI=1S/C28H36N6O3/c1-16-11-24(17(2)10-23(16)26(29)35)28(37)32-20-12-21-5-6-22(13-20)34(21)25-7-4-18(14-30-25)27(36)31-19-8-9-33(3)15-19/h4,7,10-11,14,19-22H,5-6,8-9,12-13,15H2,1-3H3,(H2,29,35)(H,31,36)(H,32,37)/t19-,20-,21+,22-/m1/s1. The minimum Gasteiger partial charge on any atom is -0.366 e. The van der Waals surface area contributed by atoms with E-state index in [1.165, 1.54) is 0 Å². The number of anilines is 1. The van der Waals surface area contributed by atoms with E-state index in [0.29, 0.717) is 34.3 Å². The molecule has 4 heterocycles. The highest BCUT2D eigenvalue weighted by Gasteiger charge is 2.42. The van der Waals surface area contributed by atoms with Gasteiger partial charge in [0, 0.05) is 48.0 Å². The molecule has 3 aliphatic heterocycles. The third kappa shape index (κ3) is 5.18. The second-order valence-electron chi connectivity index (χ2n) is 10.9. The molecule has 3 saturated heterocycles. The number of pyridine rings is 1. The van der Waals surface area contributed by atoms with Crippen molar-refractivity contribution in [2.45, 2.75) is 70.1 Å². The summed E-state index contributed by atoms with van der Waals surface area (Å²) in [5.41, 5.74) is 8.51. The first-order chi connectivity index (χ1) is 17.7. The fraction of sp³-hybridized carbons (Fsp3) is 0.500. The summed E-state index contributed by atoms with van der Waals surface area (Å²) in [5.74, 6) is 0.220. The molecule has 9 heteroatoms. The van der Waals surface area contributed by atoms with Gasteiger partial charge in [-0.1, -0.05) is 0 Å². The van der Waals surface area contributed by atoms with Gasteiger partial charge in [-0.05, 0) is 94.9 Å². The molecule has 2 bridgehead atoms. The second kappa shape index (κ2) is 10.1. The summed E-state index contributed by atoms with van der Waals surface area (Å²) in [7, 11) is 2.07. The van der Waals surface area contributed by atoms with Crippen LogP contribution < -0.4 is 21.3 Å². The molecule has 9 nitrogen and oxygen atoms in total. The maximum absolute atomic E-state index is 13.1. The number of nitrogens with one attached hydrogen (secondary N) is 2. The van der Waals surface area contributed by atoms with Crippen LogP contribution in [-0.4, -0.2) is 71.9 Å². The number of fused-ring (bicyclic) bond motifs is 2. The molecule has 196 valence electrons. The van der Waals surface area contributed by atoms with E-state index in [0.717, 1.165) is 56.6 Å². The fourth-order valence-electron chi connectivity index (χ4n) is 6.25. The van der Waals surface area contributed by atoms with Gasteiger partial charge in [-0.2, -0.15) is 0 Å². The van der Waals surface area contributed by atoms with E-state index in [2.05, 4.69) is 32.5 Å². The van der Waals surface area contributed by atoms with Crippen molar-refractivity contribution >= 4 is 23.5 Å². The molecule has 3 fully saturated rings. The number of primary amides is 1. The van der Waals surface area contributed by atoms with Crippen LogP contribution in [-0.2, 0) is 0 Å². The number of nitrogens with two attached hydrogens (primary N) is 1. The van der Waals surface area contributed by atoms with Crippen molar-refractivity contribution in [1.82, 2.24) is 20.5 Å². The lowest BCUT2D eigenvalue weighted by Gasteiger charge is -2.40. The van der Waals surface area contributed by atoms with Gasteiger partial charge in [0.25, 0.3) is 11.8 Å². The Balaban J connectivity index is 1.21. The third-order valence-corrected chi connectivity index (χ3v) is 8.15. The minimum atomic E-state index is -0.486. The van der Waals surface area contributed by atoms with Crippen molar-refractivity contribution < 1.29 is 14.4 Å². The van der Waals surface area contributed by atoms with Crippen LogP contribution in [0.4, 0.5) is 5.82 Å². The molecule has 0 aliphatic carbocycles.